The van der Waals surface area contributed by atoms with Crippen molar-refractivity contribution in [2.45, 2.75) is 25.6 Å². The number of ether oxygens (including phenoxy) is 1. The van der Waals surface area contributed by atoms with E-state index in [9.17, 15) is 13.9 Å². The van der Waals surface area contributed by atoms with Crippen molar-refractivity contribution in [2.24, 2.45) is 0 Å². The van der Waals surface area contributed by atoms with Crippen LogP contribution in [0.5, 0.6) is 5.75 Å². The van der Waals surface area contributed by atoms with E-state index in [2.05, 4.69) is 14.8 Å². The molecule has 4 rings (SSSR count). The summed E-state index contributed by atoms with van der Waals surface area (Å²) in [4.78, 5) is 8.64. The van der Waals surface area contributed by atoms with Gasteiger partial charge >= 0.3 is 0 Å². The Bertz CT molecular complexity index is 1060. The number of aliphatic hydroxyl groups is 1. The number of nitrogens with zero attached hydrogens (tertiary/aromatic N) is 3. The Morgan fingerprint density at radius 3 is 2.52 bits per heavy atom. The maximum absolute atomic E-state index is 13.6. The van der Waals surface area contributed by atoms with Crippen molar-refractivity contribution in [3.8, 4) is 5.75 Å². The topological polar surface area (TPSA) is 48.8 Å². The summed E-state index contributed by atoms with van der Waals surface area (Å²) < 4.78 is 32.4. The third-order valence-electron chi connectivity index (χ3n) is 5.61. The Hall–Kier alpha value is -2.74. The predicted octanol–water partition coefficient (Wildman–Crippen LogP) is 4.84. The molecule has 0 unspecified atom stereocenters. The zero-order chi connectivity index (χ0) is 23.4. The van der Waals surface area contributed by atoms with Crippen molar-refractivity contribution in [2.75, 3.05) is 31.1 Å². The van der Waals surface area contributed by atoms with Gasteiger partial charge in [-0.1, -0.05) is 23.7 Å². The minimum atomic E-state index is -0.574. The normalized spacial score (nSPS) is 17.7. The molecule has 1 fully saturated rings. The number of anilines is 1. The standard InChI is InChI=1S/C25H26ClF2N3O2/c1-17(32)16-33-22-8-9-24(23(26)12-22)31-11-10-30(14-21-7-6-20(28)13-29-21)15-25(31)18-2-4-19(27)5-3-18/h2-9,12-13,17,25,32H,10-11,14-16H2,1H3/t17-,25+/m1/s1. The lowest BCUT2D eigenvalue weighted by Crippen LogP contribution is -2.48. The van der Waals surface area contributed by atoms with Gasteiger partial charge in [0.05, 0.1) is 34.7 Å². The molecule has 2 heterocycles. The molecule has 1 N–H and O–H groups in total. The molecule has 33 heavy (non-hydrogen) atoms. The first-order valence-electron chi connectivity index (χ1n) is 10.8. The minimum Gasteiger partial charge on any atom is -0.491 e. The average Bonchev–Trinajstić information content (AvgIpc) is 2.80. The Labute approximate surface area is 197 Å². The first kappa shape index (κ1) is 23.4. The van der Waals surface area contributed by atoms with Crippen LogP contribution in [0.3, 0.4) is 0 Å². The smallest absolute Gasteiger partial charge is 0.141 e. The lowest BCUT2D eigenvalue weighted by molar-refractivity contribution is 0.123. The third kappa shape index (κ3) is 5.99. The number of hydrogen-bond acceptors (Lipinski definition) is 5. The van der Waals surface area contributed by atoms with Gasteiger partial charge in [0.25, 0.3) is 0 Å². The van der Waals surface area contributed by atoms with Gasteiger partial charge in [-0.2, -0.15) is 0 Å². The van der Waals surface area contributed by atoms with E-state index in [1.54, 1.807) is 31.2 Å². The molecule has 1 saturated heterocycles. The van der Waals surface area contributed by atoms with Crippen LogP contribution in [-0.2, 0) is 6.54 Å². The van der Waals surface area contributed by atoms with E-state index in [0.29, 0.717) is 30.4 Å². The van der Waals surface area contributed by atoms with Gasteiger partial charge < -0.3 is 14.7 Å². The highest BCUT2D eigenvalue weighted by Gasteiger charge is 2.30. The molecule has 1 aliphatic rings. The summed E-state index contributed by atoms with van der Waals surface area (Å²) in [5.41, 5.74) is 2.62. The van der Waals surface area contributed by atoms with Crippen molar-refractivity contribution in [3.63, 3.8) is 0 Å². The van der Waals surface area contributed by atoms with Gasteiger partial charge in [-0.05, 0) is 48.9 Å². The van der Waals surface area contributed by atoms with Crippen LogP contribution in [-0.4, -0.2) is 47.3 Å². The van der Waals surface area contributed by atoms with Crippen LogP contribution in [0.2, 0.25) is 5.02 Å². The molecule has 2 atom stereocenters. The SMILES string of the molecule is C[C@@H](O)COc1ccc(N2CCN(Cc3ccc(F)cn3)C[C@H]2c2ccc(F)cc2)c(Cl)c1. The first-order chi connectivity index (χ1) is 15.9. The molecule has 1 aromatic heterocycles. The second-order valence-electron chi connectivity index (χ2n) is 8.24. The van der Waals surface area contributed by atoms with Crippen molar-refractivity contribution in [1.29, 1.82) is 0 Å². The van der Waals surface area contributed by atoms with Crippen LogP contribution in [0.25, 0.3) is 0 Å². The van der Waals surface area contributed by atoms with Crippen molar-refractivity contribution < 1.29 is 18.6 Å². The minimum absolute atomic E-state index is 0.0680. The monoisotopic (exact) mass is 473 g/mol. The highest BCUT2D eigenvalue weighted by atomic mass is 35.5. The number of aliphatic hydroxyl groups excluding tert-OH is 1. The van der Waals surface area contributed by atoms with Gasteiger partial charge in [-0.25, -0.2) is 8.78 Å². The van der Waals surface area contributed by atoms with E-state index in [4.69, 9.17) is 16.3 Å². The second kappa shape index (κ2) is 10.5. The van der Waals surface area contributed by atoms with Crippen LogP contribution in [0, 0.1) is 11.6 Å². The zero-order valence-electron chi connectivity index (χ0n) is 18.3. The molecule has 0 amide bonds. The summed E-state index contributed by atoms with van der Waals surface area (Å²) in [5.74, 6) is -0.0570. The lowest BCUT2D eigenvalue weighted by atomic mass is 10.0. The summed E-state index contributed by atoms with van der Waals surface area (Å²) in [6.07, 6.45) is 0.652. The van der Waals surface area contributed by atoms with Gasteiger partial charge in [0.1, 0.15) is 24.0 Å². The molecule has 0 saturated carbocycles. The van der Waals surface area contributed by atoms with E-state index >= 15 is 0 Å². The van der Waals surface area contributed by atoms with Crippen molar-refractivity contribution in [1.82, 2.24) is 9.88 Å². The van der Waals surface area contributed by atoms with Crippen LogP contribution in [0.4, 0.5) is 14.5 Å². The summed E-state index contributed by atoms with van der Waals surface area (Å²) in [7, 11) is 0. The van der Waals surface area contributed by atoms with Crippen molar-refractivity contribution >= 4 is 17.3 Å². The quantitative estimate of drug-likeness (QED) is 0.532. The number of benzene rings is 2. The van der Waals surface area contributed by atoms with Crippen LogP contribution in [0.1, 0.15) is 24.2 Å². The second-order valence-corrected chi connectivity index (χ2v) is 8.64. The molecule has 5 nitrogen and oxygen atoms in total. The fourth-order valence-electron chi connectivity index (χ4n) is 4.00. The maximum Gasteiger partial charge on any atom is 0.141 e. The Balaban J connectivity index is 1.57. The van der Waals surface area contributed by atoms with E-state index < -0.39 is 6.10 Å². The molecular weight excluding hydrogens is 448 g/mol. The lowest BCUT2D eigenvalue weighted by Gasteiger charge is -2.43. The fraction of sp³-hybridized carbons (Fsp3) is 0.320. The first-order valence-corrected chi connectivity index (χ1v) is 11.2. The third-order valence-corrected chi connectivity index (χ3v) is 5.92. The average molecular weight is 474 g/mol. The number of rotatable bonds is 7. The van der Waals surface area contributed by atoms with Gasteiger partial charge in [-0.3, -0.25) is 9.88 Å². The summed E-state index contributed by atoms with van der Waals surface area (Å²) >= 11 is 6.63. The largest absolute Gasteiger partial charge is 0.491 e. The van der Waals surface area contributed by atoms with E-state index in [1.807, 2.05) is 12.1 Å². The number of halogens is 3. The van der Waals surface area contributed by atoms with Crippen molar-refractivity contribution in [3.05, 3.63) is 88.7 Å². The molecule has 8 heteroatoms. The zero-order valence-corrected chi connectivity index (χ0v) is 19.1. The predicted molar refractivity (Wildman–Crippen MR) is 125 cm³/mol. The van der Waals surface area contributed by atoms with Gasteiger partial charge in [0.2, 0.25) is 0 Å². The van der Waals surface area contributed by atoms with Crippen LogP contribution in [0.15, 0.2) is 60.8 Å². The van der Waals surface area contributed by atoms with E-state index in [1.165, 1.54) is 24.4 Å². The number of hydrogen-bond donors (Lipinski definition) is 1. The molecule has 2 aromatic carbocycles. The van der Waals surface area contributed by atoms with E-state index in [-0.39, 0.29) is 24.3 Å². The number of pyridine rings is 1. The maximum atomic E-state index is 13.6. The molecule has 3 aromatic rings. The van der Waals surface area contributed by atoms with Crippen LogP contribution >= 0.6 is 11.6 Å². The Morgan fingerprint density at radius 1 is 1.09 bits per heavy atom. The Kier molecular flexibility index (Phi) is 7.42. The van der Waals surface area contributed by atoms with Crippen LogP contribution < -0.4 is 9.64 Å². The molecular formula is C25H26ClF2N3O2. The molecule has 1 aliphatic heterocycles. The molecule has 0 aliphatic carbocycles. The highest BCUT2D eigenvalue weighted by molar-refractivity contribution is 6.33. The molecule has 174 valence electrons. The molecule has 0 spiro atoms. The summed E-state index contributed by atoms with van der Waals surface area (Å²) in [6.45, 7) is 4.55. The number of piperazine rings is 1. The molecule has 0 bridgehead atoms. The van der Waals surface area contributed by atoms with Gasteiger partial charge in [0.15, 0.2) is 0 Å². The number of aromatic nitrogens is 1. The highest BCUT2D eigenvalue weighted by Crippen LogP contribution is 2.37. The van der Waals surface area contributed by atoms with Gasteiger partial charge in [-0.15, -0.1) is 0 Å². The van der Waals surface area contributed by atoms with Gasteiger partial charge in [0, 0.05) is 32.2 Å². The summed E-state index contributed by atoms with van der Waals surface area (Å²) in [6, 6.07) is 15.0. The van der Waals surface area contributed by atoms with E-state index in [0.717, 1.165) is 23.5 Å². The Morgan fingerprint density at radius 2 is 1.85 bits per heavy atom. The fourth-order valence-corrected chi connectivity index (χ4v) is 4.28. The molecule has 0 radical (unpaired) electrons. The summed E-state index contributed by atoms with van der Waals surface area (Å²) in [5, 5.41) is 9.99.